The van der Waals surface area contributed by atoms with Crippen LogP contribution >= 0.6 is 11.1 Å². The summed E-state index contributed by atoms with van der Waals surface area (Å²) in [6.45, 7) is 10.9. The Labute approximate surface area is 117 Å². The lowest BCUT2D eigenvalue weighted by Crippen LogP contribution is -2.51. The Morgan fingerprint density at radius 2 is 1.72 bits per heavy atom. The van der Waals surface area contributed by atoms with Crippen LogP contribution in [0.4, 0.5) is 0 Å². The third-order valence-electron chi connectivity index (χ3n) is 3.29. The van der Waals surface area contributed by atoms with Gasteiger partial charge in [0.2, 0.25) is 7.38 Å². The van der Waals surface area contributed by atoms with Gasteiger partial charge in [0, 0.05) is 0 Å². The van der Waals surface area contributed by atoms with E-state index in [1.807, 2.05) is 19.1 Å². The highest BCUT2D eigenvalue weighted by molar-refractivity contribution is 7.32. The molecule has 18 heavy (non-hydrogen) atoms. The molecule has 0 nitrogen and oxygen atoms in total. The zero-order valence-electron chi connectivity index (χ0n) is 12.0. The molecule has 0 heterocycles. The smallest absolute Gasteiger partial charge is 0.155 e. The molecule has 1 aromatic carbocycles. The van der Waals surface area contributed by atoms with Crippen molar-refractivity contribution in [3.63, 3.8) is 0 Å². The van der Waals surface area contributed by atoms with Gasteiger partial charge in [-0.2, -0.15) is 11.1 Å². The molecule has 0 amide bonds. The van der Waals surface area contributed by atoms with Crippen LogP contribution in [0.2, 0.25) is 5.04 Å². The van der Waals surface area contributed by atoms with Gasteiger partial charge in [-0.05, 0) is 24.1 Å². The Kier molecular flexibility index (Phi) is 5.00. The second-order valence-corrected chi connectivity index (χ2v) is 11.5. The number of benzene rings is 1. The van der Waals surface area contributed by atoms with E-state index < -0.39 is 7.38 Å². The van der Waals surface area contributed by atoms with E-state index in [4.69, 9.17) is 11.1 Å². The van der Waals surface area contributed by atoms with Crippen LogP contribution in [0.3, 0.4) is 0 Å². The molecule has 1 unspecified atom stereocenters. The molecule has 0 aliphatic heterocycles. The van der Waals surface area contributed by atoms with Gasteiger partial charge in [0.05, 0.1) is 0 Å². The van der Waals surface area contributed by atoms with Gasteiger partial charge in [-0.1, -0.05) is 74.5 Å². The summed E-state index contributed by atoms with van der Waals surface area (Å²) in [5.74, 6) is 0. The second-order valence-electron chi connectivity index (χ2n) is 5.65. The quantitative estimate of drug-likeness (QED) is 0.417. The van der Waals surface area contributed by atoms with E-state index in [9.17, 15) is 0 Å². The number of hydrogen-bond donors (Lipinski definition) is 0. The molecule has 98 valence electrons. The van der Waals surface area contributed by atoms with Crippen molar-refractivity contribution in [2.45, 2.75) is 39.7 Å². The molecule has 0 aliphatic carbocycles. The lowest BCUT2D eigenvalue weighted by molar-refractivity contribution is 0.740. The van der Waals surface area contributed by atoms with Gasteiger partial charge < -0.3 is 0 Å². The Balaban J connectivity index is 3.38. The minimum absolute atomic E-state index is 0.0814. The molecule has 1 atom stereocenters. The van der Waals surface area contributed by atoms with E-state index in [2.05, 4.69) is 64.1 Å². The van der Waals surface area contributed by atoms with Crippen LogP contribution in [0.25, 0.3) is 0 Å². The topological polar surface area (TPSA) is 0 Å². The standard InChI is InChI=1S/C16H23ClSi/c1-6-7-11-14(2)18(17,16(3,4)5)15-12-9-8-10-13-15/h6-13H,1-5H3. The average molecular weight is 279 g/mol. The zero-order valence-corrected chi connectivity index (χ0v) is 13.8. The van der Waals surface area contributed by atoms with Crippen LogP contribution in [-0.2, 0) is 0 Å². The molecule has 0 N–H and O–H groups in total. The van der Waals surface area contributed by atoms with Gasteiger partial charge in [0.25, 0.3) is 0 Å². The largest absolute Gasteiger partial charge is 0.218 e. The van der Waals surface area contributed by atoms with Crippen LogP contribution < -0.4 is 5.19 Å². The van der Waals surface area contributed by atoms with E-state index in [1.54, 1.807) is 0 Å². The van der Waals surface area contributed by atoms with Crippen LogP contribution in [0.5, 0.6) is 0 Å². The zero-order chi connectivity index (χ0) is 13.8. The van der Waals surface area contributed by atoms with Crippen molar-refractivity contribution < 1.29 is 0 Å². The molecule has 0 fully saturated rings. The third-order valence-corrected chi connectivity index (χ3v) is 11.0. The van der Waals surface area contributed by atoms with E-state index >= 15 is 0 Å². The highest BCUT2D eigenvalue weighted by Crippen LogP contribution is 2.43. The Morgan fingerprint density at radius 3 is 2.17 bits per heavy atom. The van der Waals surface area contributed by atoms with Gasteiger partial charge in [-0.25, -0.2) is 0 Å². The molecule has 0 saturated heterocycles. The lowest BCUT2D eigenvalue weighted by Gasteiger charge is -2.38. The van der Waals surface area contributed by atoms with E-state index in [0.717, 1.165) is 0 Å². The van der Waals surface area contributed by atoms with Crippen molar-refractivity contribution in [1.82, 2.24) is 0 Å². The number of rotatable bonds is 3. The molecule has 1 aromatic rings. The summed E-state index contributed by atoms with van der Waals surface area (Å²) in [5.41, 5.74) is 0. The summed E-state index contributed by atoms with van der Waals surface area (Å²) in [4.78, 5) is 0. The summed E-state index contributed by atoms with van der Waals surface area (Å²) < 4.78 is 0. The monoisotopic (exact) mass is 278 g/mol. The first-order valence-corrected chi connectivity index (χ1v) is 9.39. The fourth-order valence-corrected chi connectivity index (χ4v) is 6.32. The maximum atomic E-state index is 7.16. The third kappa shape index (κ3) is 2.96. The molecule has 0 bridgehead atoms. The molecule has 0 aromatic heterocycles. The second kappa shape index (κ2) is 5.90. The minimum Gasteiger partial charge on any atom is -0.155 e. The van der Waals surface area contributed by atoms with Crippen molar-refractivity contribution in [2.75, 3.05) is 0 Å². The van der Waals surface area contributed by atoms with Crippen molar-refractivity contribution in [3.8, 4) is 0 Å². The highest BCUT2D eigenvalue weighted by Gasteiger charge is 2.46. The fourth-order valence-electron chi connectivity index (χ4n) is 2.28. The first-order chi connectivity index (χ1) is 8.34. The summed E-state index contributed by atoms with van der Waals surface area (Å²) in [6.07, 6.45) is 6.29. The molecule has 2 heteroatoms. The number of halogens is 1. The van der Waals surface area contributed by atoms with Gasteiger partial charge in [0.15, 0.2) is 0 Å². The van der Waals surface area contributed by atoms with Crippen molar-refractivity contribution in [1.29, 1.82) is 0 Å². The van der Waals surface area contributed by atoms with Gasteiger partial charge in [-0.15, -0.1) is 0 Å². The summed E-state index contributed by atoms with van der Waals surface area (Å²) >= 11 is 7.16. The molecule has 1 rings (SSSR count). The van der Waals surface area contributed by atoms with Crippen molar-refractivity contribution >= 4 is 23.6 Å². The van der Waals surface area contributed by atoms with E-state index in [0.29, 0.717) is 0 Å². The van der Waals surface area contributed by atoms with Crippen molar-refractivity contribution in [2.24, 2.45) is 0 Å². The first kappa shape index (κ1) is 15.3. The molecule has 0 radical (unpaired) electrons. The summed E-state index contributed by atoms with van der Waals surface area (Å²) in [7, 11) is -2.19. The molecular weight excluding hydrogens is 256 g/mol. The minimum atomic E-state index is -2.19. The highest BCUT2D eigenvalue weighted by atomic mass is 35.6. The average Bonchev–Trinajstić information content (AvgIpc) is 2.34. The predicted molar refractivity (Wildman–Crippen MR) is 86.0 cm³/mol. The van der Waals surface area contributed by atoms with Crippen LogP contribution in [0.1, 0.15) is 34.6 Å². The Hall–Kier alpha value is -0.793. The molecule has 0 spiro atoms. The number of allylic oxidation sites excluding steroid dienone is 4. The molecular formula is C16H23ClSi. The SMILES string of the molecule is CC=CC=C(C)[Si](Cl)(c1ccccc1)C(C)(C)C. The van der Waals surface area contributed by atoms with Gasteiger partial charge in [-0.3, -0.25) is 0 Å². The fraction of sp³-hybridized carbons (Fsp3) is 0.375. The maximum Gasteiger partial charge on any atom is 0.218 e. The molecule has 0 saturated carbocycles. The predicted octanol–water partition coefficient (Wildman–Crippen LogP) is 4.94. The summed E-state index contributed by atoms with van der Waals surface area (Å²) in [5, 5.41) is 2.68. The van der Waals surface area contributed by atoms with Crippen LogP contribution in [0.15, 0.2) is 53.8 Å². The van der Waals surface area contributed by atoms with E-state index in [1.165, 1.54) is 10.4 Å². The number of hydrogen-bond acceptors (Lipinski definition) is 0. The van der Waals surface area contributed by atoms with Crippen molar-refractivity contribution in [3.05, 3.63) is 53.8 Å². The Bertz CT molecular complexity index is 440. The van der Waals surface area contributed by atoms with Gasteiger partial charge >= 0.3 is 0 Å². The van der Waals surface area contributed by atoms with Crippen LogP contribution in [-0.4, -0.2) is 7.38 Å². The first-order valence-electron chi connectivity index (χ1n) is 6.38. The lowest BCUT2D eigenvalue weighted by atomic mass is 10.2. The maximum absolute atomic E-state index is 7.16. The van der Waals surface area contributed by atoms with Crippen LogP contribution in [0, 0.1) is 0 Å². The summed E-state index contributed by atoms with van der Waals surface area (Å²) in [6, 6.07) is 10.5. The Morgan fingerprint density at radius 1 is 1.17 bits per heavy atom. The van der Waals surface area contributed by atoms with Gasteiger partial charge in [0.1, 0.15) is 0 Å². The molecule has 0 aliphatic rings. The van der Waals surface area contributed by atoms with E-state index in [-0.39, 0.29) is 5.04 Å². The normalized spacial score (nSPS) is 16.9.